The van der Waals surface area contributed by atoms with E-state index in [9.17, 15) is 9.59 Å². The minimum absolute atomic E-state index is 0.177. The summed E-state index contributed by atoms with van der Waals surface area (Å²) in [4.78, 5) is 27.9. The Morgan fingerprint density at radius 2 is 2.09 bits per heavy atom. The predicted octanol–water partition coefficient (Wildman–Crippen LogP) is 1.60. The predicted molar refractivity (Wildman–Crippen MR) is 87.4 cm³/mol. The Hall–Kier alpha value is -1.95. The number of aromatic nitrogens is 1. The van der Waals surface area contributed by atoms with Crippen LogP contribution in [0.5, 0.6) is 5.75 Å². The van der Waals surface area contributed by atoms with Gasteiger partial charge in [-0.05, 0) is 43.6 Å². The zero-order valence-electron chi connectivity index (χ0n) is 13.9. The molecule has 0 unspecified atom stereocenters. The number of aryl methyl sites for hydroxylation is 1. The van der Waals surface area contributed by atoms with Crippen LogP contribution in [0.1, 0.15) is 54.7 Å². The Morgan fingerprint density at radius 3 is 2.78 bits per heavy atom. The van der Waals surface area contributed by atoms with Crippen LogP contribution in [0.15, 0.2) is 6.20 Å². The highest BCUT2D eigenvalue weighted by Crippen LogP contribution is 2.32. The van der Waals surface area contributed by atoms with Gasteiger partial charge >= 0.3 is 0 Å². The number of carbonyl (C=O) groups is 2. The number of carbonyl (C=O) groups excluding carboxylic acids is 2. The lowest BCUT2D eigenvalue weighted by molar-refractivity contribution is -0.118. The molecule has 0 bridgehead atoms. The van der Waals surface area contributed by atoms with Gasteiger partial charge in [0.1, 0.15) is 0 Å². The Labute approximate surface area is 136 Å². The molecule has 23 heavy (non-hydrogen) atoms. The van der Waals surface area contributed by atoms with Gasteiger partial charge in [-0.1, -0.05) is 13.8 Å². The van der Waals surface area contributed by atoms with Gasteiger partial charge in [-0.25, -0.2) is 4.98 Å². The van der Waals surface area contributed by atoms with Gasteiger partial charge in [0.2, 0.25) is 5.91 Å². The summed E-state index contributed by atoms with van der Waals surface area (Å²) >= 11 is 0. The molecule has 126 valence electrons. The van der Waals surface area contributed by atoms with E-state index in [1.807, 2.05) is 0 Å². The maximum Gasteiger partial charge on any atom is 0.280 e. The van der Waals surface area contributed by atoms with Crippen molar-refractivity contribution in [2.75, 3.05) is 13.2 Å². The molecule has 0 saturated heterocycles. The highest BCUT2D eigenvalue weighted by atomic mass is 16.5. The average molecular weight is 319 g/mol. The summed E-state index contributed by atoms with van der Waals surface area (Å²) in [7, 11) is 0. The molecule has 2 amide bonds. The first-order chi connectivity index (χ1) is 11.0. The van der Waals surface area contributed by atoms with Crippen LogP contribution in [0.25, 0.3) is 0 Å². The van der Waals surface area contributed by atoms with E-state index < -0.39 is 11.8 Å². The second-order valence-corrected chi connectivity index (χ2v) is 6.26. The number of imide groups is 1. The van der Waals surface area contributed by atoms with Crippen LogP contribution >= 0.6 is 0 Å². The number of nitrogens with one attached hydrogen (secondary N) is 1. The molecule has 1 heterocycles. The monoisotopic (exact) mass is 319 g/mol. The maximum atomic E-state index is 12.3. The zero-order chi connectivity index (χ0) is 16.8. The number of ether oxygens (including phenoxy) is 1. The first-order valence-corrected chi connectivity index (χ1v) is 8.20. The lowest BCUT2D eigenvalue weighted by atomic mass is 9.92. The van der Waals surface area contributed by atoms with Gasteiger partial charge in [0.05, 0.1) is 13.2 Å². The lowest BCUT2D eigenvalue weighted by Gasteiger charge is -2.21. The van der Waals surface area contributed by atoms with E-state index in [4.69, 9.17) is 10.5 Å². The molecule has 3 N–H and O–H groups in total. The number of nitrogens with two attached hydrogens (primary N) is 1. The van der Waals surface area contributed by atoms with Crippen LogP contribution in [-0.4, -0.2) is 29.9 Å². The maximum absolute atomic E-state index is 12.3. The third-order valence-corrected chi connectivity index (χ3v) is 3.94. The highest BCUT2D eigenvalue weighted by molar-refractivity contribution is 6.05. The Kier molecular flexibility index (Phi) is 6.10. The normalized spacial score (nSPS) is 13.6. The average Bonchev–Trinajstić information content (AvgIpc) is 2.54. The first kappa shape index (κ1) is 17.4. The summed E-state index contributed by atoms with van der Waals surface area (Å²) < 4.78 is 5.92. The van der Waals surface area contributed by atoms with Gasteiger partial charge in [-0.2, -0.15) is 0 Å². The number of fused-ring (bicyclic) bond motifs is 1. The molecule has 1 aliphatic carbocycles. The Morgan fingerprint density at radius 1 is 1.35 bits per heavy atom. The number of hydrogen-bond donors (Lipinski definition) is 2. The molecule has 1 aromatic heterocycles. The SMILES string of the molecule is CC(C)CCOc1c(C(=O)NC(=O)CN)ncc2c1CCCC2. The van der Waals surface area contributed by atoms with Crippen LogP contribution in [0.3, 0.4) is 0 Å². The van der Waals surface area contributed by atoms with Gasteiger partial charge in [-0.15, -0.1) is 0 Å². The molecule has 0 fully saturated rings. The summed E-state index contributed by atoms with van der Waals surface area (Å²) in [5, 5.41) is 2.25. The molecule has 0 aromatic carbocycles. The Bertz CT molecular complexity index is 585. The van der Waals surface area contributed by atoms with Crippen molar-refractivity contribution >= 4 is 11.8 Å². The standard InChI is InChI=1S/C17H25N3O3/c1-11(2)7-8-23-16-13-6-4-3-5-12(13)10-19-15(16)17(22)20-14(21)9-18/h10-11H,3-9,18H2,1-2H3,(H,20,21,22). The molecule has 0 spiro atoms. The van der Waals surface area contributed by atoms with Crippen LogP contribution in [0.4, 0.5) is 0 Å². The molecule has 0 aliphatic heterocycles. The fraction of sp³-hybridized carbons (Fsp3) is 0.588. The van der Waals surface area contributed by atoms with E-state index in [2.05, 4.69) is 24.1 Å². The van der Waals surface area contributed by atoms with Gasteiger partial charge in [0, 0.05) is 11.8 Å². The molecule has 6 nitrogen and oxygen atoms in total. The second kappa shape index (κ2) is 8.06. The molecule has 1 aromatic rings. The molecule has 6 heteroatoms. The molecule has 0 radical (unpaired) electrons. The number of nitrogens with zero attached hydrogens (tertiary/aromatic N) is 1. The van der Waals surface area contributed by atoms with Crippen molar-refractivity contribution in [1.29, 1.82) is 0 Å². The summed E-state index contributed by atoms with van der Waals surface area (Å²) in [6.07, 6.45) is 6.64. The van der Waals surface area contributed by atoms with E-state index in [1.165, 1.54) is 0 Å². The molecular formula is C17H25N3O3. The molecule has 0 atom stereocenters. The smallest absolute Gasteiger partial charge is 0.280 e. The van der Waals surface area contributed by atoms with Crippen molar-refractivity contribution < 1.29 is 14.3 Å². The van der Waals surface area contributed by atoms with Crippen molar-refractivity contribution in [3.05, 3.63) is 23.0 Å². The van der Waals surface area contributed by atoms with Crippen molar-refractivity contribution in [1.82, 2.24) is 10.3 Å². The third kappa shape index (κ3) is 4.51. The summed E-state index contributed by atoms with van der Waals surface area (Å²) in [6, 6.07) is 0. The molecular weight excluding hydrogens is 294 g/mol. The second-order valence-electron chi connectivity index (χ2n) is 6.26. The third-order valence-electron chi connectivity index (χ3n) is 3.94. The van der Waals surface area contributed by atoms with E-state index in [0.29, 0.717) is 18.3 Å². The van der Waals surface area contributed by atoms with E-state index >= 15 is 0 Å². The fourth-order valence-electron chi connectivity index (χ4n) is 2.63. The molecule has 2 rings (SSSR count). The largest absolute Gasteiger partial charge is 0.491 e. The summed E-state index contributed by atoms with van der Waals surface area (Å²) in [6.45, 7) is 4.53. The van der Waals surface area contributed by atoms with E-state index in [1.54, 1.807) is 6.20 Å². The topological polar surface area (TPSA) is 94.3 Å². The van der Waals surface area contributed by atoms with Crippen LogP contribution in [0, 0.1) is 5.92 Å². The summed E-state index contributed by atoms with van der Waals surface area (Å²) in [5.41, 5.74) is 7.61. The van der Waals surface area contributed by atoms with E-state index in [-0.39, 0.29) is 12.2 Å². The molecule has 1 aliphatic rings. The minimum Gasteiger partial charge on any atom is -0.491 e. The highest BCUT2D eigenvalue weighted by Gasteiger charge is 2.24. The van der Waals surface area contributed by atoms with Crippen molar-refractivity contribution in [3.8, 4) is 5.75 Å². The van der Waals surface area contributed by atoms with Crippen molar-refractivity contribution in [2.45, 2.75) is 46.0 Å². The fourth-order valence-corrected chi connectivity index (χ4v) is 2.63. The zero-order valence-corrected chi connectivity index (χ0v) is 13.9. The van der Waals surface area contributed by atoms with Crippen LogP contribution in [0.2, 0.25) is 0 Å². The van der Waals surface area contributed by atoms with Crippen molar-refractivity contribution in [2.24, 2.45) is 11.7 Å². The lowest BCUT2D eigenvalue weighted by Crippen LogP contribution is -2.36. The van der Waals surface area contributed by atoms with Gasteiger partial charge in [0.25, 0.3) is 5.91 Å². The first-order valence-electron chi connectivity index (χ1n) is 8.20. The van der Waals surface area contributed by atoms with E-state index in [0.717, 1.165) is 43.2 Å². The number of pyridine rings is 1. The van der Waals surface area contributed by atoms with Crippen LogP contribution < -0.4 is 15.8 Å². The van der Waals surface area contributed by atoms with Gasteiger partial charge < -0.3 is 10.5 Å². The van der Waals surface area contributed by atoms with Gasteiger partial charge in [-0.3, -0.25) is 14.9 Å². The minimum atomic E-state index is -0.548. The van der Waals surface area contributed by atoms with Gasteiger partial charge in [0.15, 0.2) is 11.4 Å². The Balaban J connectivity index is 2.28. The van der Waals surface area contributed by atoms with Crippen LogP contribution in [-0.2, 0) is 17.6 Å². The number of amides is 2. The molecule has 0 saturated carbocycles. The number of hydrogen-bond acceptors (Lipinski definition) is 5. The van der Waals surface area contributed by atoms with Crippen molar-refractivity contribution in [3.63, 3.8) is 0 Å². The quantitative estimate of drug-likeness (QED) is 0.830. The number of rotatable bonds is 6. The summed E-state index contributed by atoms with van der Waals surface area (Å²) in [5.74, 6) is -0.0280.